The molecule has 0 radical (unpaired) electrons. The molecular formula is C15H18N2O2. The van der Waals surface area contributed by atoms with Crippen LogP contribution in [0.1, 0.15) is 17.7 Å². The maximum Gasteiger partial charge on any atom is 0.223 e. The molecule has 0 saturated heterocycles. The van der Waals surface area contributed by atoms with Crippen LogP contribution in [-0.4, -0.2) is 17.9 Å². The van der Waals surface area contributed by atoms with Crippen molar-refractivity contribution in [3.63, 3.8) is 0 Å². The van der Waals surface area contributed by atoms with E-state index in [4.69, 9.17) is 10.2 Å². The summed E-state index contributed by atoms with van der Waals surface area (Å²) in [5, 5.41) is 0. The van der Waals surface area contributed by atoms with Crippen LogP contribution >= 0.6 is 0 Å². The van der Waals surface area contributed by atoms with Crippen LogP contribution in [0.3, 0.4) is 0 Å². The van der Waals surface area contributed by atoms with Gasteiger partial charge in [-0.3, -0.25) is 4.79 Å². The van der Waals surface area contributed by atoms with Gasteiger partial charge in [-0.25, -0.2) is 0 Å². The fourth-order valence-corrected chi connectivity index (χ4v) is 1.90. The Balaban J connectivity index is 1.87. The van der Waals surface area contributed by atoms with Crippen molar-refractivity contribution in [3.8, 4) is 0 Å². The minimum Gasteiger partial charge on any atom is -0.469 e. The molecule has 19 heavy (non-hydrogen) atoms. The van der Waals surface area contributed by atoms with Gasteiger partial charge in [-0.2, -0.15) is 0 Å². The molecule has 0 unspecified atom stereocenters. The van der Waals surface area contributed by atoms with Crippen LogP contribution in [0.25, 0.3) is 0 Å². The first-order chi connectivity index (χ1) is 9.16. The monoisotopic (exact) mass is 258 g/mol. The van der Waals surface area contributed by atoms with E-state index in [1.807, 2.05) is 36.4 Å². The summed E-state index contributed by atoms with van der Waals surface area (Å²) in [6.45, 7) is 0.531. The number of nitrogens with zero attached hydrogens (tertiary/aromatic N) is 1. The molecule has 2 N–H and O–H groups in total. The lowest BCUT2D eigenvalue weighted by atomic mass is 10.1. The molecule has 4 heteroatoms. The van der Waals surface area contributed by atoms with Gasteiger partial charge in [-0.05, 0) is 23.8 Å². The summed E-state index contributed by atoms with van der Waals surface area (Å²) in [6.07, 6.45) is 2.69. The van der Waals surface area contributed by atoms with E-state index in [0.29, 0.717) is 25.1 Å². The molecule has 0 aliphatic rings. The molecule has 100 valence electrons. The number of carbonyl (C=O) groups is 1. The highest BCUT2D eigenvalue weighted by molar-refractivity contribution is 5.76. The minimum absolute atomic E-state index is 0.0830. The highest BCUT2D eigenvalue weighted by Crippen LogP contribution is 2.13. The van der Waals surface area contributed by atoms with Gasteiger partial charge in [-0.15, -0.1) is 0 Å². The van der Waals surface area contributed by atoms with Crippen LogP contribution < -0.4 is 5.73 Å². The molecule has 0 atom stereocenters. The number of amides is 1. The van der Waals surface area contributed by atoms with Crippen LogP contribution in [0.4, 0.5) is 5.69 Å². The number of anilines is 1. The Bertz CT molecular complexity index is 535. The topological polar surface area (TPSA) is 59.5 Å². The molecular weight excluding hydrogens is 240 g/mol. The molecule has 0 spiro atoms. The summed E-state index contributed by atoms with van der Waals surface area (Å²) < 4.78 is 5.21. The number of aryl methyl sites for hydroxylation is 1. The van der Waals surface area contributed by atoms with E-state index in [-0.39, 0.29) is 5.91 Å². The lowest BCUT2D eigenvalue weighted by Gasteiger charge is -2.18. The van der Waals surface area contributed by atoms with Crippen LogP contribution in [0.5, 0.6) is 0 Å². The average molecular weight is 258 g/mol. The zero-order valence-corrected chi connectivity index (χ0v) is 11.0. The Morgan fingerprint density at radius 3 is 2.74 bits per heavy atom. The van der Waals surface area contributed by atoms with Crippen LogP contribution in [-0.2, 0) is 17.8 Å². The van der Waals surface area contributed by atoms with Crippen molar-refractivity contribution in [1.82, 2.24) is 4.90 Å². The number of hydrogen-bond acceptors (Lipinski definition) is 3. The van der Waals surface area contributed by atoms with Crippen molar-refractivity contribution in [2.24, 2.45) is 0 Å². The first-order valence-electron chi connectivity index (χ1n) is 6.26. The standard InChI is InChI=1S/C15H18N2O2/c1-17(11-12-5-2-3-7-14(12)16)15(18)9-8-13-6-4-10-19-13/h2-7,10H,8-9,11,16H2,1H3. The second kappa shape index (κ2) is 6.09. The predicted octanol–water partition coefficient (Wildman–Crippen LogP) is 2.45. The molecule has 1 heterocycles. The first-order valence-corrected chi connectivity index (χ1v) is 6.26. The minimum atomic E-state index is 0.0830. The molecule has 4 nitrogen and oxygen atoms in total. The van der Waals surface area contributed by atoms with Gasteiger partial charge in [0.2, 0.25) is 5.91 Å². The predicted molar refractivity (Wildman–Crippen MR) is 74.4 cm³/mol. The fraction of sp³-hybridized carbons (Fsp3) is 0.267. The molecule has 2 rings (SSSR count). The van der Waals surface area contributed by atoms with Crippen molar-refractivity contribution >= 4 is 11.6 Å². The van der Waals surface area contributed by atoms with Gasteiger partial charge in [-0.1, -0.05) is 18.2 Å². The number of carbonyl (C=O) groups excluding carboxylic acids is 1. The lowest BCUT2D eigenvalue weighted by molar-refractivity contribution is -0.130. The van der Waals surface area contributed by atoms with E-state index < -0.39 is 0 Å². The fourth-order valence-electron chi connectivity index (χ4n) is 1.90. The summed E-state index contributed by atoms with van der Waals surface area (Å²) in [7, 11) is 1.79. The van der Waals surface area contributed by atoms with Gasteiger partial charge >= 0.3 is 0 Å². The van der Waals surface area contributed by atoms with Crippen LogP contribution in [0.15, 0.2) is 47.1 Å². The summed E-state index contributed by atoms with van der Waals surface area (Å²) in [5.41, 5.74) is 7.55. The number of furan rings is 1. The maximum absolute atomic E-state index is 12.0. The Morgan fingerprint density at radius 2 is 2.05 bits per heavy atom. The third kappa shape index (κ3) is 3.61. The van der Waals surface area contributed by atoms with Crippen molar-refractivity contribution in [1.29, 1.82) is 0 Å². The van der Waals surface area contributed by atoms with Gasteiger partial charge in [0, 0.05) is 32.1 Å². The number of nitrogens with two attached hydrogens (primary N) is 1. The molecule has 0 fully saturated rings. The van der Waals surface area contributed by atoms with Gasteiger partial charge < -0.3 is 15.1 Å². The second-order valence-corrected chi connectivity index (χ2v) is 4.53. The van der Waals surface area contributed by atoms with E-state index in [9.17, 15) is 4.79 Å². The molecule has 1 amide bonds. The summed E-state index contributed by atoms with van der Waals surface area (Å²) >= 11 is 0. The normalized spacial score (nSPS) is 10.4. The van der Waals surface area contributed by atoms with E-state index in [1.165, 1.54) is 0 Å². The van der Waals surface area contributed by atoms with Gasteiger partial charge in [0.1, 0.15) is 5.76 Å². The van der Waals surface area contributed by atoms with Crippen LogP contribution in [0, 0.1) is 0 Å². The Morgan fingerprint density at radius 1 is 1.26 bits per heavy atom. The molecule has 0 saturated carbocycles. The summed E-state index contributed by atoms with van der Waals surface area (Å²) in [4.78, 5) is 13.7. The summed E-state index contributed by atoms with van der Waals surface area (Å²) in [6, 6.07) is 11.3. The quantitative estimate of drug-likeness (QED) is 0.838. The molecule has 0 aliphatic carbocycles. The van der Waals surface area contributed by atoms with Gasteiger partial charge in [0.15, 0.2) is 0 Å². The Hall–Kier alpha value is -2.23. The Labute approximate surface area is 112 Å². The number of rotatable bonds is 5. The van der Waals surface area contributed by atoms with Gasteiger partial charge in [0.25, 0.3) is 0 Å². The first kappa shape index (κ1) is 13.2. The van der Waals surface area contributed by atoms with Gasteiger partial charge in [0.05, 0.1) is 6.26 Å². The van der Waals surface area contributed by atoms with Crippen molar-refractivity contribution in [2.75, 3.05) is 12.8 Å². The highest BCUT2D eigenvalue weighted by Gasteiger charge is 2.11. The van der Waals surface area contributed by atoms with Crippen molar-refractivity contribution in [2.45, 2.75) is 19.4 Å². The number of nitrogen functional groups attached to an aromatic ring is 1. The largest absolute Gasteiger partial charge is 0.469 e. The third-order valence-electron chi connectivity index (χ3n) is 3.05. The van der Waals surface area contributed by atoms with E-state index in [2.05, 4.69) is 0 Å². The molecule has 1 aromatic carbocycles. The average Bonchev–Trinajstić information content (AvgIpc) is 2.91. The lowest BCUT2D eigenvalue weighted by Crippen LogP contribution is -2.26. The Kier molecular flexibility index (Phi) is 4.23. The van der Waals surface area contributed by atoms with E-state index >= 15 is 0 Å². The second-order valence-electron chi connectivity index (χ2n) is 4.53. The third-order valence-corrected chi connectivity index (χ3v) is 3.05. The molecule has 0 bridgehead atoms. The highest BCUT2D eigenvalue weighted by atomic mass is 16.3. The SMILES string of the molecule is CN(Cc1ccccc1N)C(=O)CCc1ccco1. The van der Waals surface area contributed by atoms with E-state index in [0.717, 1.165) is 11.3 Å². The number of hydrogen-bond donors (Lipinski definition) is 1. The van der Waals surface area contributed by atoms with Crippen LogP contribution in [0.2, 0.25) is 0 Å². The zero-order chi connectivity index (χ0) is 13.7. The van der Waals surface area contributed by atoms with Crippen molar-refractivity contribution in [3.05, 3.63) is 54.0 Å². The number of benzene rings is 1. The molecule has 2 aromatic rings. The van der Waals surface area contributed by atoms with Crippen molar-refractivity contribution < 1.29 is 9.21 Å². The molecule has 1 aromatic heterocycles. The molecule has 0 aliphatic heterocycles. The van der Waals surface area contributed by atoms with E-state index in [1.54, 1.807) is 18.2 Å². The number of para-hydroxylation sites is 1. The zero-order valence-electron chi connectivity index (χ0n) is 11.0. The smallest absolute Gasteiger partial charge is 0.223 e. The maximum atomic E-state index is 12.0. The summed E-state index contributed by atoms with van der Waals surface area (Å²) in [5.74, 6) is 0.917.